The first-order valence-corrected chi connectivity index (χ1v) is 15.9. The number of hydrogen-bond acceptors (Lipinski definition) is 5. The highest BCUT2D eigenvalue weighted by Crippen LogP contribution is 2.43. The molecule has 0 saturated heterocycles. The maximum atomic E-state index is 14.7. The van der Waals surface area contributed by atoms with Gasteiger partial charge in [-0.1, -0.05) is 78.9 Å². The molecule has 0 N–H and O–H groups in total. The van der Waals surface area contributed by atoms with Gasteiger partial charge in [0.2, 0.25) is 0 Å². The molecule has 0 bridgehead atoms. The number of hydrogen-bond donors (Lipinski definition) is 0. The number of nitriles is 2. The smallest absolute Gasteiger partial charge is 0.309 e. The van der Waals surface area contributed by atoms with Gasteiger partial charge in [-0.25, -0.2) is 15.0 Å². The Kier molecular flexibility index (Phi) is 7.59. The van der Waals surface area contributed by atoms with Crippen LogP contribution in [0.15, 0.2) is 140 Å². The molecule has 2 heterocycles. The van der Waals surface area contributed by atoms with E-state index in [4.69, 9.17) is 15.0 Å². The van der Waals surface area contributed by atoms with Crippen LogP contribution < -0.4 is 0 Å². The van der Waals surface area contributed by atoms with Crippen LogP contribution >= 0.6 is 0 Å². The van der Waals surface area contributed by atoms with E-state index in [2.05, 4.69) is 12.1 Å². The van der Waals surface area contributed by atoms with Crippen molar-refractivity contribution in [1.82, 2.24) is 19.5 Å². The van der Waals surface area contributed by atoms with Crippen molar-refractivity contribution in [2.75, 3.05) is 0 Å². The zero-order valence-corrected chi connectivity index (χ0v) is 26.6. The van der Waals surface area contributed by atoms with Crippen molar-refractivity contribution in [1.29, 1.82) is 10.5 Å². The second-order valence-electron chi connectivity index (χ2n) is 11.8. The molecule has 0 aliphatic heterocycles. The summed E-state index contributed by atoms with van der Waals surface area (Å²) in [6.07, 6.45) is -4.65. The summed E-state index contributed by atoms with van der Waals surface area (Å²) in [6.45, 7) is 0. The van der Waals surface area contributed by atoms with E-state index < -0.39 is 11.7 Å². The molecule has 242 valence electrons. The molecule has 51 heavy (non-hydrogen) atoms. The van der Waals surface area contributed by atoms with Crippen molar-refractivity contribution in [3.05, 3.63) is 156 Å². The minimum atomic E-state index is -4.65. The van der Waals surface area contributed by atoms with Gasteiger partial charge < -0.3 is 4.57 Å². The Bertz CT molecular complexity index is 2580. The second-order valence-corrected chi connectivity index (χ2v) is 11.8. The summed E-state index contributed by atoms with van der Waals surface area (Å²) in [5.74, 6) is 0.964. The molecule has 8 aromatic rings. The van der Waals surface area contributed by atoms with Crippen LogP contribution in [0, 0.1) is 22.7 Å². The number of nitrogens with zero attached hydrogens (tertiary/aromatic N) is 6. The lowest BCUT2D eigenvalue weighted by Crippen LogP contribution is -2.08. The van der Waals surface area contributed by atoms with Crippen molar-refractivity contribution in [2.24, 2.45) is 0 Å². The second kappa shape index (κ2) is 12.4. The third-order valence-electron chi connectivity index (χ3n) is 8.75. The van der Waals surface area contributed by atoms with Gasteiger partial charge in [-0.05, 0) is 71.8 Å². The Morgan fingerprint density at radius 1 is 0.490 bits per heavy atom. The molecule has 2 aromatic heterocycles. The van der Waals surface area contributed by atoms with E-state index in [0.717, 1.165) is 39.0 Å². The molecule has 0 aliphatic carbocycles. The molecular formula is C42H23F3N6. The van der Waals surface area contributed by atoms with Gasteiger partial charge in [0.25, 0.3) is 0 Å². The summed E-state index contributed by atoms with van der Waals surface area (Å²) in [5.41, 5.74) is 4.16. The highest BCUT2D eigenvalue weighted by molar-refractivity contribution is 6.10. The minimum Gasteiger partial charge on any atom is -0.309 e. The van der Waals surface area contributed by atoms with Crippen molar-refractivity contribution in [2.45, 2.75) is 6.18 Å². The Balaban J connectivity index is 1.44. The number of benzene rings is 6. The van der Waals surface area contributed by atoms with Crippen LogP contribution in [-0.4, -0.2) is 19.5 Å². The Hall–Kier alpha value is -7.10. The molecule has 8 rings (SSSR count). The summed E-state index contributed by atoms with van der Waals surface area (Å²) in [7, 11) is 0. The molecule has 6 aromatic carbocycles. The molecule has 6 nitrogen and oxygen atoms in total. The van der Waals surface area contributed by atoms with Crippen molar-refractivity contribution >= 4 is 21.8 Å². The van der Waals surface area contributed by atoms with E-state index in [-0.39, 0.29) is 17.0 Å². The summed E-state index contributed by atoms with van der Waals surface area (Å²) >= 11 is 0. The monoisotopic (exact) mass is 668 g/mol. The van der Waals surface area contributed by atoms with Gasteiger partial charge in [0.05, 0.1) is 39.9 Å². The minimum absolute atomic E-state index is 0.0379. The Morgan fingerprint density at radius 2 is 1.00 bits per heavy atom. The molecule has 0 unspecified atom stereocenters. The SMILES string of the molecule is N#Cc1ccc2c(c1)c1cc(C#N)ccc1n2-c1ccc(-c2nc(-c3ccccc3)nc(-c3ccccc3)n2)c(-c2ccccc2C(F)(F)F)c1. The first kappa shape index (κ1) is 31.2. The normalized spacial score (nSPS) is 11.4. The number of rotatable bonds is 5. The van der Waals surface area contributed by atoms with E-state index in [0.29, 0.717) is 34.0 Å². The van der Waals surface area contributed by atoms with Gasteiger partial charge in [0.15, 0.2) is 17.5 Å². The highest BCUT2D eigenvalue weighted by atomic mass is 19.4. The van der Waals surface area contributed by atoms with E-state index in [1.807, 2.05) is 71.3 Å². The standard InChI is InChI=1S/C42H23F3N6/c43-42(44,45)36-14-8-7-13-31(36)33-23-30(51-37-19-15-26(24-46)21-34(37)35-22-27(25-47)16-20-38(35)51)17-18-32(33)41-49-39(28-9-3-1-4-10-28)48-40(50-41)29-11-5-2-6-12-29/h1-23H. The molecule has 9 heteroatoms. The maximum absolute atomic E-state index is 14.7. The van der Waals surface area contributed by atoms with Crippen LogP contribution in [0.3, 0.4) is 0 Å². The quantitative estimate of drug-likeness (QED) is 0.182. The molecule has 0 aliphatic rings. The fourth-order valence-electron chi connectivity index (χ4n) is 6.42. The van der Waals surface area contributed by atoms with E-state index in [9.17, 15) is 23.7 Å². The molecule has 0 spiro atoms. The Morgan fingerprint density at radius 3 is 1.53 bits per heavy atom. The number of halogens is 3. The molecular weight excluding hydrogens is 645 g/mol. The summed E-state index contributed by atoms with van der Waals surface area (Å²) in [5, 5.41) is 20.8. The topological polar surface area (TPSA) is 91.2 Å². The van der Waals surface area contributed by atoms with Gasteiger partial charge in [0, 0.05) is 33.2 Å². The molecule has 0 atom stereocenters. The lowest BCUT2D eigenvalue weighted by Gasteiger charge is -2.18. The van der Waals surface area contributed by atoms with E-state index >= 15 is 0 Å². The predicted molar refractivity (Wildman–Crippen MR) is 190 cm³/mol. The third kappa shape index (κ3) is 5.63. The first-order valence-electron chi connectivity index (χ1n) is 15.9. The van der Waals surface area contributed by atoms with Crippen molar-refractivity contribution < 1.29 is 13.2 Å². The number of fused-ring (bicyclic) bond motifs is 3. The lowest BCUT2D eigenvalue weighted by molar-refractivity contribution is -0.137. The van der Waals surface area contributed by atoms with Crippen LogP contribution in [0.2, 0.25) is 0 Å². The fourth-order valence-corrected chi connectivity index (χ4v) is 6.42. The number of aromatic nitrogens is 4. The summed E-state index contributed by atoms with van der Waals surface area (Å²) in [4.78, 5) is 14.4. The Labute approximate surface area is 290 Å². The average molecular weight is 669 g/mol. The number of alkyl halides is 3. The van der Waals surface area contributed by atoms with Crippen LogP contribution in [-0.2, 0) is 6.18 Å². The molecule has 0 saturated carbocycles. The maximum Gasteiger partial charge on any atom is 0.417 e. The van der Waals surface area contributed by atoms with Crippen molar-refractivity contribution in [3.8, 4) is 63.1 Å². The van der Waals surface area contributed by atoms with Crippen LogP contribution in [0.5, 0.6) is 0 Å². The summed E-state index contributed by atoms with van der Waals surface area (Å²) < 4.78 is 45.9. The van der Waals surface area contributed by atoms with Gasteiger partial charge in [-0.15, -0.1) is 0 Å². The zero-order valence-electron chi connectivity index (χ0n) is 26.6. The van der Waals surface area contributed by atoms with Crippen molar-refractivity contribution in [3.63, 3.8) is 0 Å². The highest BCUT2D eigenvalue weighted by Gasteiger charge is 2.34. The predicted octanol–water partition coefficient (Wildman–Crippen LogP) is 10.4. The third-order valence-corrected chi connectivity index (χ3v) is 8.75. The van der Waals surface area contributed by atoms with Gasteiger partial charge in [-0.3, -0.25) is 0 Å². The van der Waals surface area contributed by atoms with E-state index in [1.165, 1.54) is 12.1 Å². The lowest BCUT2D eigenvalue weighted by atomic mass is 9.93. The van der Waals surface area contributed by atoms with E-state index in [1.54, 1.807) is 54.6 Å². The average Bonchev–Trinajstić information content (AvgIpc) is 3.50. The van der Waals surface area contributed by atoms with Crippen LogP contribution in [0.4, 0.5) is 13.2 Å². The largest absolute Gasteiger partial charge is 0.417 e. The van der Waals surface area contributed by atoms with Gasteiger partial charge in [0.1, 0.15) is 0 Å². The molecule has 0 radical (unpaired) electrons. The first-order chi connectivity index (χ1) is 24.8. The summed E-state index contributed by atoms with van der Waals surface area (Å²) in [6, 6.07) is 44.3. The molecule has 0 fully saturated rings. The molecule has 0 amide bonds. The van der Waals surface area contributed by atoms with Crippen LogP contribution in [0.1, 0.15) is 16.7 Å². The van der Waals surface area contributed by atoms with Gasteiger partial charge in [-0.2, -0.15) is 23.7 Å². The van der Waals surface area contributed by atoms with Gasteiger partial charge >= 0.3 is 6.18 Å². The fraction of sp³-hybridized carbons (Fsp3) is 0.0238. The van der Waals surface area contributed by atoms with Crippen LogP contribution in [0.25, 0.3) is 72.8 Å². The zero-order chi connectivity index (χ0) is 35.1.